The van der Waals surface area contributed by atoms with E-state index in [0.717, 1.165) is 57.8 Å². The first kappa shape index (κ1) is 56.3. The first-order valence-corrected chi connectivity index (χ1v) is 24.4. The number of alkyl carbamates (subject to hydrolysis) is 1. The van der Waals surface area contributed by atoms with Gasteiger partial charge in [0.15, 0.2) is 6.23 Å². The van der Waals surface area contributed by atoms with E-state index in [1.165, 1.54) is 96.8 Å². The normalized spacial score (nSPS) is 19.7. The topological polar surface area (TPSA) is 187 Å². The van der Waals surface area contributed by atoms with E-state index in [9.17, 15) is 34.5 Å². The molecule has 1 aliphatic rings. The van der Waals surface area contributed by atoms with Gasteiger partial charge in [0.2, 0.25) is 17.7 Å². The number of nitrogens with one attached hydrogen (secondary N) is 3. The molecule has 6 atom stereocenters. The Morgan fingerprint density at radius 1 is 0.705 bits per heavy atom. The van der Waals surface area contributed by atoms with Crippen LogP contribution in [0.5, 0.6) is 0 Å². The lowest BCUT2D eigenvalue weighted by Gasteiger charge is -2.47. The zero-order valence-corrected chi connectivity index (χ0v) is 39.4. The number of nitrogens with zero attached hydrogens (tertiary/aromatic N) is 1. The van der Waals surface area contributed by atoms with E-state index in [1.54, 1.807) is 25.7 Å². The third kappa shape index (κ3) is 27.1. The molecule has 0 aromatic heterocycles. The van der Waals surface area contributed by atoms with Gasteiger partial charge in [-0.25, -0.2) is 4.79 Å². The van der Waals surface area contributed by atoms with Crippen molar-refractivity contribution >= 4 is 23.8 Å². The Morgan fingerprint density at radius 3 is 1.67 bits per heavy atom. The van der Waals surface area contributed by atoms with Crippen molar-refractivity contribution in [2.24, 2.45) is 0 Å². The summed E-state index contributed by atoms with van der Waals surface area (Å²) < 4.78 is 11.3. The van der Waals surface area contributed by atoms with Crippen LogP contribution in [0.25, 0.3) is 0 Å². The molecular formula is C48H90N4O9. The summed E-state index contributed by atoms with van der Waals surface area (Å²) in [5.41, 5.74) is -0.751. The van der Waals surface area contributed by atoms with E-state index in [1.807, 2.05) is 0 Å². The number of amides is 4. The number of carbonyl (C=O) groups excluding carboxylic acids is 4. The predicted molar refractivity (Wildman–Crippen MR) is 244 cm³/mol. The van der Waals surface area contributed by atoms with Crippen molar-refractivity contribution in [1.29, 1.82) is 0 Å². The van der Waals surface area contributed by atoms with E-state index in [4.69, 9.17) is 9.47 Å². The summed E-state index contributed by atoms with van der Waals surface area (Å²) >= 11 is 0. The SMILES string of the molecule is CCCCCCCC/C=C\CCCCCCCC(=O)N(CCCCCCCCCCCCCC)[C@@H]1O[C@H](CO)[C@@H](O)[C@H](O)[C@H]1NC(=O)[C@H](C)NC(=O)CNC(=O)OC(C)(C)C. The molecule has 0 aliphatic carbocycles. The Hall–Kier alpha value is -2.74. The Kier molecular flexibility index (Phi) is 32.0. The molecule has 0 saturated carbocycles. The summed E-state index contributed by atoms with van der Waals surface area (Å²) in [6.45, 7) is 10.3. The fraction of sp³-hybridized carbons (Fsp3) is 0.875. The number of ether oxygens (including phenoxy) is 2. The fourth-order valence-electron chi connectivity index (χ4n) is 7.64. The van der Waals surface area contributed by atoms with Crippen molar-refractivity contribution in [1.82, 2.24) is 20.9 Å². The minimum absolute atomic E-state index is 0.181. The summed E-state index contributed by atoms with van der Waals surface area (Å²) in [6.07, 6.45) is 27.4. The zero-order chi connectivity index (χ0) is 45.3. The van der Waals surface area contributed by atoms with Gasteiger partial charge in [0.25, 0.3) is 0 Å². The van der Waals surface area contributed by atoms with E-state index in [0.29, 0.717) is 19.4 Å². The number of carbonyl (C=O) groups is 4. The molecule has 13 heteroatoms. The third-order valence-electron chi connectivity index (χ3n) is 11.3. The predicted octanol–water partition coefficient (Wildman–Crippen LogP) is 8.51. The van der Waals surface area contributed by atoms with Crippen molar-refractivity contribution in [2.75, 3.05) is 19.7 Å². The quantitative estimate of drug-likeness (QED) is 0.0268. The van der Waals surface area contributed by atoms with Gasteiger partial charge >= 0.3 is 6.09 Å². The van der Waals surface area contributed by atoms with Gasteiger partial charge < -0.3 is 45.6 Å². The largest absolute Gasteiger partial charge is 0.444 e. The highest BCUT2D eigenvalue weighted by atomic mass is 16.6. The van der Waals surface area contributed by atoms with Gasteiger partial charge in [-0.1, -0.05) is 148 Å². The molecule has 1 saturated heterocycles. The molecule has 0 spiro atoms. The number of rotatable bonds is 35. The van der Waals surface area contributed by atoms with Crippen molar-refractivity contribution < 1.29 is 44.0 Å². The molecule has 61 heavy (non-hydrogen) atoms. The highest BCUT2D eigenvalue weighted by Gasteiger charge is 2.48. The van der Waals surface area contributed by atoms with Gasteiger partial charge in [0.1, 0.15) is 42.5 Å². The molecule has 356 valence electrons. The molecule has 1 fully saturated rings. The fourth-order valence-corrected chi connectivity index (χ4v) is 7.64. The Balaban J connectivity index is 2.87. The lowest BCUT2D eigenvalue weighted by Crippen LogP contribution is -2.69. The Bertz CT molecular complexity index is 1200. The van der Waals surface area contributed by atoms with E-state index < -0.39 is 73.3 Å². The number of hydrogen-bond acceptors (Lipinski definition) is 9. The average Bonchev–Trinajstić information content (AvgIpc) is 3.21. The van der Waals surface area contributed by atoms with Gasteiger partial charge in [-0.05, 0) is 66.2 Å². The average molecular weight is 867 g/mol. The Morgan fingerprint density at radius 2 is 1.18 bits per heavy atom. The number of allylic oxidation sites excluding steroid dienone is 2. The van der Waals surface area contributed by atoms with Gasteiger partial charge in [-0.3, -0.25) is 14.4 Å². The van der Waals surface area contributed by atoms with Crippen LogP contribution >= 0.6 is 0 Å². The summed E-state index contributed by atoms with van der Waals surface area (Å²) in [7, 11) is 0. The maximum absolute atomic E-state index is 14.0. The summed E-state index contributed by atoms with van der Waals surface area (Å²) in [6, 6.07) is -2.36. The van der Waals surface area contributed by atoms with Crippen LogP contribution < -0.4 is 16.0 Å². The van der Waals surface area contributed by atoms with E-state index >= 15 is 0 Å². The maximum Gasteiger partial charge on any atom is 0.408 e. The van der Waals surface area contributed by atoms with Crippen molar-refractivity contribution in [3.05, 3.63) is 12.2 Å². The number of unbranched alkanes of at least 4 members (excludes halogenated alkanes) is 22. The second-order valence-corrected chi connectivity index (χ2v) is 18.2. The second-order valence-electron chi connectivity index (χ2n) is 18.2. The molecule has 4 amide bonds. The molecule has 0 aromatic rings. The van der Waals surface area contributed by atoms with Crippen molar-refractivity contribution in [3.8, 4) is 0 Å². The number of hydrogen-bond donors (Lipinski definition) is 6. The molecule has 1 aliphatic heterocycles. The third-order valence-corrected chi connectivity index (χ3v) is 11.3. The van der Waals surface area contributed by atoms with E-state index in [2.05, 4.69) is 41.9 Å². The second kappa shape index (κ2) is 34.7. The molecular weight excluding hydrogens is 777 g/mol. The zero-order valence-electron chi connectivity index (χ0n) is 39.4. The molecule has 0 aromatic carbocycles. The molecule has 1 rings (SSSR count). The molecule has 6 N–H and O–H groups in total. The van der Waals surface area contributed by atoms with Crippen LogP contribution in [0.2, 0.25) is 0 Å². The van der Waals surface area contributed by atoms with E-state index in [-0.39, 0.29) is 12.3 Å². The number of aliphatic hydroxyl groups is 3. The molecule has 13 nitrogen and oxygen atoms in total. The smallest absolute Gasteiger partial charge is 0.408 e. The first-order chi connectivity index (χ1) is 29.2. The monoisotopic (exact) mass is 867 g/mol. The van der Waals surface area contributed by atoms with Gasteiger partial charge in [0, 0.05) is 13.0 Å². The highest BCUT2D eigenvalue weighted by Crippen LogP contribution is 2.26. The van der Waals surface area contributed by atoms with Crippen molar-refractivity contribution in [3.63, 3.8) is 0 Å². The number of aliphatic hydroxyl groups excluding tert-OH is 3. The minimum atomic E-state index is -1.58. The minimum Gasteiger partial charge on any atom is -0.444 e. The van der Waals surface area contributed by atoms with Crippen LogP contribution in [0.1, 0.15) is 208 Å². The van der Waals surface area contributed by atoms with Gasteiger partial charge in [-0.2, -0.15) is 0 Å². The molecule has 0 bridgehead atoms. The van der Waals surface area contributed by atoms with Crippen LogP contribution in [-0.4, -0.2) is 106 Å². The Labute approximate surface area is 370 Å². The van der Waals surface area contributed by atoms with Gasteiger partial charge in [0.05, 0.1) is 6.61 Å². The lowest BCUT2D eigenvalue weighted by molar-refractivity contribution is -0.231. The standard InChI is InChI=1S/C48H90N4O9/c1-7-9-11-13-15-17-19-21-22-23-24-26-28-30-32-34-41(55)52(35-33-31-29-27-25-20-18-16-14-12-10-8-2)46-42(44(57)43(56)39(37-53)60-46)51-45(58)38(3)50-40(54)36-49-47(59)61-48(4,5)6/h21-22,38-39,42-44,46,53,56-57H,7-20,23-37H2,1-6H3,(H,49,59)(H,50,54)(H,51,58)/b22-21-/t38-,39+,42+,43+,44+,46+/m0/s1. The molecule has 1 heterocycles. The highest BCUT2D eigenvalue weighted by molar-refractivity contribution is 5.89. The van der Waals surface area contributed by atoms with Crippen molar-refractivity contribution in [2.45, 2.75) is 251 Å². The lowest BCUT2D eigenvalue weighted by atomic mass is 9.94. The maximum atomic E-state index is 14.0. The summed E-state index contributed by atoms with van der Waals surface area (Å²) in [5, 5.41) is 39.9. The molecule has 0 radical (unpaired) electrons. The summed E-state index contributed by atoms with van der Waals surface area (Å²) in [5.74, 6) is -1.51. The van der Waals surface area contributed by atoms with Crippen LogP contribution in [-0.2, 0) is 23.9 Å². The van der Waals surface area contributed by atoms with Gasteiger partial charge in [-0.15, -0.1) is 0 Å². The van der Waals surface area contributed by atoms with Crippen LogP contribution in [0.15, 0.2) is 12.2 Å². The van der Waals surface area contributed by atoms with Crippen LogP contribution in [0, 0.1) is 0 Å². The van der Waals surface area contributed by atoms with Crippen LogP contribution in [0.3, 0.4) is 0 Å². The van der Waals surface area contributed by atoms with Crippen LogP contribution in [0.4, 0.5) is 4.79 Å². The molecule has 0 unspecified atom stereocenters. The summed E-state index contributed by atoms with van der Waals surface area (Å²) in [4.78, 5) is 53.7. The first-order valence-electron chi connectivity index (χ1n) is 24.4.